The van der Waals surface area contributed by atoms with Crippen molar-refractivity contribution in [1.29, 1.82) is 0 Å². The first kappa shape index (κ1) is 11.9. The molecule has 0 saturated carbocycles. The van der Waals surface area contributed by atoms with E-state index in [1.807, 2.05) is 0 Å². The SMILES string of the molecule is O=C(O)c1ccc(N2CC(Cl)CC2=O)cc1F. The number of rotatable bonds is 2. The molecule has 1 heterocycles. The van der Waals surface area contributed by atoms with Gasteiger partial charge in [0.15, 0.2) is 0 Å². The van der Waals surface area contributed by atoms with Gasteiger partial charge in [-0.2, -0.15) is 0 Å². The minimum Gasteiger partial charge on any atom is -0.478 e. The number of amides is 1. The Kier molecular flexibility index (Phi) is 3.02. The summed E-state index contributed by atoms with van der Waals surface area (Å²) >= 11 is 5.82. The molecule has 1 fully saturated rings. The number of hydrogen-bond donors (Lipinski definition) is 1. The Balaban J connectivity index is 2.32. The van der Waals surface area contributed by atoms with Crippen molar-refractivity contribution in [2.24, 2.45) is 0 Å². The molecule has 1 unspecified atom stereocenters. The Morgan fingerprint density at radius 1 is 1.53 bits per heavy atom. The highest BCUT2D eigenvalue weighted by atomic mass is 35.5. The van der Waals surface area contributed by atoms with Crippen molar-refractivity contribution in [2.45, 2.75) is 11.8 Å². The quantitative estimate of drug-likeness (QED) is 0.823. The second kappa shape index (κ2) is 4.33. The lowest BCUT2D eigenvalue weighted by Gasteiger charge is -2.16. The molecule has 0 bridgehead atoms. The zero-order chi connectivity index (χ0) is 12.6. The average molecular weight is 258 g/mol. The summed E-state index contributed by atoms with van der Waals surface area (Å²) in [6.45, 7) is 0.312. The molecule has 0 aliphatic carbocycles. The van der Waals surface area contributed by atoms with Gasteiger partial charge >= 0.3 is 5.97 Å². The molecule has 1 aromatic rings. The van der Waals surface area contributed by atoms with E-state index in [1.165, 1.54) is 11.0 Å². The summed E-state index contributed by atoms with van der Waals surface area (Å²) < 4.78 is 13.4. The fourth-order valence-corrected chi connectivity index (χ4v) is 2.03. The van der Waals surface area contributed by atoms with Gasteiger partial charge in [-0.05, 0) is 18.2 Å². The summed E-state index contributed by atoms with van der Waals surface area (Å²) in [6, 6.07) is 3.58. The number of benzene rings is 1. The summed E-state index contributed by atoms with van der Waals surface area (Å²) in [5.41, 5.74) is -0.0801. The smallest absolute Gasteiger partial charge is 0.338 e. The number of carbonyl (C=O) groups excluding carboxylic acids is 1. The van der Waals surface area contributed by atoms with E-state index in [-0.39, 0.29) is 17.7 Å². The number of anilines is 1. The van der Waals surface area contributed by atoms with Crippen molar-refractivity contribution in [3.8, 4) is 0 Å². The van der Waals surface area contributed by atoms with Gasteiger partial charge in [-0.1, -0.05) is 0 Å². The largest absolute Gasteiger partial charge is 0.478 e. The van der Waals surface area contributed by atoms with Gasteiger partial charge in [0.25, 0.3) is 0 Å². The van der Waals surface area contributed by atoms with E-state index in [0.717, 1.165) is 12.1 Å². The molecule has 0 aromatic heterocycles. The third-order valence-electron chi connectivity index (χ3n) is 2.57. The van der Waals surface area contributed by atoms with Crippen molar-refractivity contribution >= 4 is 29.2 Å². The van der Waals surface area contributed by atoms with Crippen molar-refractivity contribution < 1.29 is 19.1 Å². The third-order valence-corrected chi connectivity index (χ3v) is 2.86. The topological polar surface area (TPSA) is 57.6 Å². The molecular weight excluding hydrogens is 249 g/mol. The van der Waals surface area contributed by atoms with Gasteiger partial charge in [0.1, 0.15) is 5.82 Å². The maximum Gasteiger partial charge on any atom is 0.338 e. The molecule has 1 saturated heterocycles. The Labute approximate surface area is 102 Å². The van der Waals surface area contributed by atoms with Gasteiger partial charge in [0.05, 0.1) is 10.9 Å². The lowest BCUT2D eigenvalue weighted by Crippen LogP contribution is -2.24. The fourth-order valence-electron chi connectivity index (χ4n) is 1.76. The summed E-state index contributed by atoms with van der Waals surface area (Å²) in [5.74, 6) is -2.38. The number of nitrogens with zero attached hydrogens (tertiary/aromatic N) is 1. The third kappa shape index (κ3) is 2.24. The lowest BCUT2D eigenvalue weighted by molar-refractivity contribution is -0.117. The van der Waals surface area contributed by atoms with Gasteiger partial charge in [-0.25, -0.2) is 9.18 Å². The van der Waals surface area contributed by atoms with Crippen molar-refractivity contribution in [1.82, 2.24) is 0 Å². The van der Waals surface area contributed by atoms with Crippen molar-refractivity contribution in [3.05, 3.63) is 29.6 Å². The van der Waals surface area contributed by atoms with Crippen LogP contribution in [0.4, 0.5) is 10.1 Å². The highest BCUT2D eigenvalue weighted by Gasteiger charge is 2.29. The molecule has 6 heteroatoms. The van der Waals surface area contributed by atoms with Crippen LogP contribution in [-0.2, 0) is 4.79 Å². The summed E-state index contributed by atoms with van der Waals surface area (Å²) in [7, 11) is 0. The molecule has 1 amide bonds. The highest BCUT2D eigenvalue weighted by Crippen LogP contribution is 2.25. The number of carboxylic acid groups (broad SMARTS) is 1. The average Bonchev–Trinajstić information content (AvgIpc) is 2.57. The zero-order valence-corrected chi connectivity index (χ0v) is 9.45. The first-order valence-corrected chi connectivity index (χ1v) is 5.40. The summed E-state index contributed by atoms with van der Waals surface area (Å²) in [5, 5.41) is 8.39. The zero-order valence-electron chi connectivity index (χ0n) is 8.69. The van der Waals surface area contributed by atoms with Crippen LogP contribution in [0.1, 0.15) is 16.8 Å². The van der Waals surface area contributed by atoms with Crippen LogP contribution in [0.3, 0.4) is 0 Å². The molecule has 0 spiro atoms. The number of hydrogen-bond acceptors (Lipinski definition) is 2. The van der Waals surface area contributed by atoms with Crippen LogP contribution in [0, 0.1) is 5.82 Å². The minimum absolute atomic E-state index is 0.188. The second-order valence-electron chi connectivity index (χ2n) is 3.78. The van der Waals surface area contributed by atoms with Crippen LogP contribution < -0.4 is 4.90 Å². The van der Waals surface area contributed by atoms with Crippen LogP contribution in [0.2, 0.25) is 0 Å². The normalized spacial score (nSPS) is 19.8. The first-order chi connectivity index (χ1) is 7.99. The minimum atomic E-state index is -1.34. The molecule has 90 valence electrons. The summed E-state index contributed by atoms with van der Waals surface area (Å²) in [4.78, 5) is 23.5. The fraction of sp³-hybridized carbons (Fsp3) is 0.273. The van der Waals surface area contributed by atoms with Gasteiger partial charge in [-0.15, -0.1) is 11.6 Å². The number of carbonyl (C=O) groups is 2. The Morgan fingerprint density at radius 3 is 2.71 bits per heavy atom. The number of alkyl halides is 1. The highest BCUT2D eigenvalue weighted by molar-refractivity contribution is 6.24. The molecule has 17 heavy (non-hydrogen) atoms. The van der Waals surface area contributed by atoms with E-state index < -0.39 is 17.3 Å². The molecule has 1 aliphatic rings. The standard InChI is InChI=1S/C11H9ClFNO3/c12-6-3-10(15)14(5-6)7-1-2-8(11(16)17)9(13)4-7/h1-2,4,6H,3,5H2,(H,16,17). The van der Waals surface area contributed by atoms with E-state index >= 15 is 0 Å². The van der Waals surface area contributed by atoms with Crippen LogP contribution in [0.25, 0.3) is 0 Å². The van der Waals surface area contributed by atoms with E-state index in [4.69, 9.17) is 16.7 Å². The molecule has 1 atom stereocenters. The molecule has 1 aromatic carbocycles. The lowest BCUT2D eigenvalue weighted by atomic mass is 10.2. The Hall–Kier alpha value is -1.62. The van der Waals surface area contributed by atoms with Gasteiger partial charge in [-0.3, -0.25) is 4.79 Å². The van der Waals surface area contributed by atoms with E-state index in [1.54, 1.807) is 0 Å². The van der Waals surface area contributed by atoms with E-state index in [0.29, 0.717) is 12.2 Å². The maximum absolute atomic E-state index is 13.4. The van der Waals surface area contributed by atoms with Crippen LogP contribution in [0.15, 0.2) is 18.2 Å². The predicted molar refractivity (Wildman–Crippen MR) is 60.0 cm³/mol. The van der Waals surface area contributed by atoms with Gasteiger partial charge in [0, 0.05) is 18.7 Å². The number of aromatic carboxylic acids is 1. The van der Waals surface area contributed by atoms with Gasteiger partial charge < -0.3 is 10.0 Å². The molecule has 1 N–H and O–H groups in total. The Morgan fingerprint density at radius 2 is 2.24 bits per heavy atom. The van der Waals surface area contributed by atoms with Crippen molar-refractivity contribution in [3.63, 3.8) is 0 Å². The number of carboxylic acids is 1. The molecule has 0 radical (unpaired) electrons. The Bertz CT molecular complexity index is 492. The monoisotopic (exact) mass is 257 g/mol. The van der Waals surface area contributed by atoms with Gasteiger partial charge in [0.2, 0.25) is 5.91 Å². The maximum atomic E-state index is 13.4. The van der Waals surface area contributed by atoms with E-state index in [9.17, 15) is 14.0 Å². The number of halogens is 2. The van der Waals surface area contributed by atoms with Crippen LogP contribution in [-0.4, -0.2) is 28.9 Å². The van der Waals surface area contributed by atoms with Crippen LogP contribution in [0.5, 0.6) is 0 Å². The molecule has 2 rings (SSSR count). The van der Waals surface area contributed by atoms with E-state index in [2.05, 4.69) is 0 Å². The van der Waals surface area contributed by atoms with Crippen LogP contribution >= 0.6 is 11.6 Å². The summed E-state index contributed by atoms with van der Waals surface area (Å²) in [6.07, 6.45) is 0.212. The predicted octanol–water partition coefficient (Wildman–Crippen LogP) is 1.87. The molecular formula is C11H9ClFNO3. The molecule has 1 aliphatic heterocycles. The second-order valence-corrected chi connectivity index (χ2v) is 4.39. The molecule has 4 nitrogen and oxygen atoms in total. The van der Waals surface area contributed by atoms with Crippen molar-refractivity contribution in [2.75, 3.05) is 11.4 Å². The first-order valence-electron chi connectivity index (χ1n) is 4.96.